The Kier molecular flexibility index (Phi) is 4.07. The molecule has 0 saturated heterocycles. The van der Waals surface area contributed by atoms with Gasteiger partial charge in [0.15, 0.2) is 0 Å². The number of nitrogens with zero attached hydrogens (tertiary/aromatic N) is 1. The molecule has 0 aliphatic carbocycles. The van der Waals surface area contributed by atoms with E-state index >= 15 is 0 Å². The Morgan fingerprint density at radius 1 is 1.17 bits per heavy atom. The number of pyridine rings is 1. The first kappa shape index (κ1) is 12.7. The quantitative estimate of drug-likeness (QED) is 0.843. The third-order valence-corrected chi connectivity index (χ3v) is 2.92. The summed E-state index contributed by atoms with van der Waals surface area (Å²) in [6.07, 6.45) is 3.58. The molecule has 0 bridgehead atoms. The average Bonchev–Trinajstić information content (AvgIpc) is 2.41. The van der Waals surface area contributed by atoms with Crippen LogP contribution >= 0.6 is 0 Å². The minimum absolute atomic E-state index is 0.506. The summed E-state index contributed by atoms with van der Waals surface area (Å²) in [6, 6.07) is 13.6. The second-order valence-corrected chi connectivity index (χ2v) is 4.60. The highest BCUT2D eigenvalue weighted by Crippen LogP contribution is 2.18. The number of aromatic nitrogens is 1. The van der Waals surface area contributed by atoms with Gasteiger partial charge in [0.05, 0.1) is 5.60 Å². The van der Waals surface area contributed by atoms with E-state index in [2.05, 4.69) is 10.3 Å². The standard InChI is InChI=1S/C15H18N2O/c1-15(18,14-7-3-2-4-8-14)12-17-11-13-6-5-9-16-10-13/h2-10,17-18H,11-12H2,1H3. The van der Waals surface area contributed by atoms with Gasteiger partial charge in [-0.3, -0.25) is 4.98 Å². The van der Waals surface area contributed by atoms with Crippen molar-refractivity contribution < 1.29 is 5.11 Å². The Morgan fingerprint density at radius 2 is 1.94 bits per heavy atom. The summed E-state index contributed by atoms with van der Waals surface area (Å²) < 4.78 is 0. The van der Waals surface area contributed by atoms with Crippen molar-refractivity contribution in [3.8, 4) is 0 Å². The Balaban J connectivity index is 1.90. The Hall–Kier alpha value is -1.71. The molecule has 0 radical (unpaired) electrons. The summed E-state index contributed by atoms with van der Waals surface area (Å²) in [4.78, 5) is 4.06. The van der Waals surface area contributed by atoms with Crippen LogP contribution in [0.5, 0.6) is 0 Å². The fourth-order valence-electron chi connectivity index (χ4n) is 1.85. The maximum atomic E-state index is 10.4. The van der Waals surface area contributed by atoms with Gasteiger partial charge in [-0.15, -0.1) is 0 Å². The number of hydrogen-bond acceptors (Lipinski definition) is 3. The monoisotopic (exact) mass is 242 g/mol. The zero-order chi connectivity index (χ0) is 12.8. The van der Waals surface area contributed by atoms with Gasteiger partial charge in [-0.25, -0.2) is 0 Å². The van der Waals surface area contributed by atoms with Gasteiger partial charge in [0.2, 0.25) is 0 Å². The molecule has 1 atom stereocenters. The highest BCUT2D eigenvalue weighted by atomic mass is 16.3. The zero-order valence-electron chi connectivity index (χ0n) is 10.5. The molecule has 2 N–H and O–H groups in total. The molecular weight excluding hydrogens is 224 g/mol. The van der Waals surface area contributed by atoms with Crippen LogP contribution in [0.3, 0.4) is 0 Å². The van der Waals surface area contributed by atoms with Gasteiger partial charge < -0.3 is 10.4 Å². The molecule has 1 aromatic carbocycles. The molecule has 18 heavy (non-hydrogen) atoms. The van der Waals surface area contributed by atoms with Crippen LogP contribution in [0, 0.1) is 0 Å². The molecular formula is C15H18N2O. The van der Waals surface area contributed by atoms with Gasteiger partial charge in [-0.1, -0.05) is 36.4 Å². The molecule has 0 aliphatic heterocycles. The molecule has 3 nitrogen and oxygen atoms in total. The lowest BCUT2D eigenvalue weighted by atomic mass is 9.96. The summed E-state index contributed by atoms with van der Waals surface area (Å²) >= 11 is 0. The molecule has 0 aliphatic rings. The van der Waals surface area contributed by atoms with Crippen LogP contribution in [0.1, 0.15) is 18.1 Å². The minimum Gasteiger partial charge on any atom is -0.384 e. The van der Waals surface area contributed by atoms with E-state index < -0.39 is 5.60 Å². The largest absolute Gasteiger partial charge is 0.384 e. The molecule has 1 unspecified atom stereocenters. The second-order valence-electron chi connectivity index (χ2n) is 4.60. The normalized spacial score (nSPS) is 14.1. The van der Waals surface area contributed by atoms with Gasteiger partial charge in [0.25, 0.3) is 0 Å². The molecule has 0 fully saturated rings. The summed E-state index contributed by atoms with van der Waals surface area (Å²) in [5.41, 5.74) is 1.17. The molecule has 2 aromatic rings. The van der Waals surface area contributed by atoms with Crippen LogP contribution in [-0.4, -0.2) is 16.6 Å². The summed E-state index contributed by atoms with van der Waals surface area (Å²) in [5.74, 6) is 0. The van der Waals surface area contributed by atoms with Gasteiger partial charge in [0, 0.05) is 25.5 Å². The molecule has 0 saturated carbocycles. The smallest absolute Gasteiger partial charge is 0.0992 e. The number of benzene rings is 1. The zero-order valence-corrected chi connectivity index (χ0v) is 10.5. The van der Waals surface area contributed by atoms with E-state index in [1.54, 1.807) is 6.20 Å². The minimum atomic E-state index is -0.858. The third-order valence-electron chi connectivity index (χ3n) is 2.92. The molecule has 2 rings (SSSR count). The number of aliphatic hydroxyl groups is 1. The Labute approximate surface area is 108 Å². The lowest BCUT2D eigenvalue weighted by Gasteiger charge is -2.24. The fourth-order valence-corrected chi connectivity index (χ4v) is 1.85. The number of nitrogens with one attached hydrogen (secondary N) is 1. The van der Waals surface area contributed by atoms with Crippen molar-refractivity contribution in [1.29, 1.82) is 0 Å². The van der Waals surface area contributed by atoms with Gasteiger partial charge in [0.1, 0.15) is 0 Å². The molecule has 0 amide bonds. The van der Waals surface area contributed by atoms with Crippen LogP contribution in [0.25, 0.3) is 0 Å². The van der Waals surface area contributed by atoms with Gasteiger partial charge >= 0.3 is 0 Å². The Morgan fingerprint density at radius 3 is 2.61 bits per heavy atom. The first-order valence-electron chi connectivity index (χ1n) is 6.06. The van der Waals surface area contributed by atoms with Gasteiger partial charge in [-0.2, -0.15) is 0 Å². The third kappa shape index (κ3) is 3.39. The molecule has 94 valence electrons. The average molecular weight is 242 g/mol. The lowest BCUT2D eigenvalue weighted by Crippen LogP contribution is -2.35. The van der Waals surface area contributed by atoms with Crippen molar-refractivity contribution in [2.24, 2.45) is 0 Å². The van der Waals surface area contributed by atoms with E-state index in [4.69, 9.17) is 0 Å². The van der Waals surface area contributed by atoms with Crippen LogP contribution in [-0.2, 0) is 12.1 Å². The molecule has 1 heterocycles. The summed E-state index contributed by atoms with van der Waals surface area (Å²) in [6.45, 7) is 3.03. The number of rotatable bonds is 5. The lowest BCUT2D eigenvalue weighted by molar-refractivity contribution is 0.0566. The highest BCUT2D eigenvalue weighted by molar-refractivity contribution is 5.21. The van der Waals surface area contributed by atoms with Crippen molar-refractivity contribution >= 4 is 0 Å². The molecule has 3 heteroatoms. The molecule has 1 aromatic heterocycles. The highest BCUT2D eigenvalue weighted by Gasteiger charge is 2.21. The summed E-state index contributed by atoms with van der Waals surface area (Å²) in [5, 5.41) is 13.6. The van der Waals surface area contributed by atoms with Crippen molar-refractivity contribution in [1.82, 2.24) is 10.3 Å². The van der Waals surface area contributed by atoms with Gasteiger partial charge in [-0.05, 0) is 24.1 Å². The SMILES string of the molecule is CC(O)(CNCc1cccnc1)c1ccccc1. The van der Waals surface area contributed by atoms with Crippen LogP contribution in [0.2, 0.25) is 0 Å². The maximum absolute atomic E-state index is 10.4. The predicted octanol–water partition coefficient (Wildman–Crippen LogP) is 2.08. The maximum Gasteiger partial charge on any atom is 0.0992 e. The second kappa shape index (κ2) is 5.76. The first-order valence-corrected chi connectivity index (χ1v) is 6.06. The van der Waals surface area contributed by atoms with E-state index in [9.17, 15) is 5.11 Å². The van der Waals surface area contributed by atoms with Crippen LogP contribution in [0.15, 0.2) is 54.9 Å². The predicted molar refractivity (Wildman–Crippen MR) is 72.0 cm³/mol. The van der Waals surface area contributed by atoms with E-state index in [0.29, 0.717) is 13.1 Å². The van der Waals surface area contributed by atoms with E-state index in [0.717, 1.165) is 11.1 Å². The van der Waals surface area contributed by atoms with Crippen LogP contribution in [0.4, 0.5) is 0 Å². The Bertz CT molecular complexity index is 468. The van der Waals surface area contributed by atoms with Crippen molar-refractivity contribution in [3.05, 3.63) is 66.0 Å². The van der Waals surface area contributed by atoms with E-state index in [-0.39, 0.29) is 0 Å². The van der Waals surface area contributed by atoms with E-state index in [1.807, 2.05) is 55.6 Å². The number of hydrogen-bond donors (Lipinski definition) is 2. The summed E-state index contributed by atoms with van der Waals surface area (Å²) in [7, 11) is 0. The van der Waals surface area contributed by atoms with Crippen molar-refractivity contribution in [2.45, 2.75) is 19.1 Å². The van der Waals surface area contributed by atoms with Crippen molar-refractivity contribution in [3.63, 3.8) is 0 Å². The van der Waals surface area contributed by atoms with Crippen molar-refractivity contribution in [2.75, 3.05) is 6.54 Å². The van der Waals surface area contributed by atoms with Crippen LogP contribution < -0.4 is 5.32 Å². The van der Waals surface area contributed by atoms with E-state index in [1.165, 1.54) is 0 Å². The molecule has 0 spiro atoms. The topological polar surface area (TPSA) is 45.1 Å². The first-order chi connectivity index (χ1) is 8.68. The fraction of sp³-hybridized carbons (Fsp3) is 0.267.